The molecule has 0 atom stereocenters. The van der Waals surface area contributed by atoms with Crippen LogP contribution in [0.5, 0.6) is 5.75 Å². The van der Waals surface area contributed by atoms with Gasteiger partial charge in [0, 0.05) is 29.9 Å². The first-order valence-corrected chi connectivity index (χ1v) is 9.40. The number of halogens is 1. The summed E-state index contributed by atoms with van der Waals surface area (Å²) in [6.45, 7) is 5.96. The number of thiophene rings is 1. The molecule has 0 radical (unpaired) electrons. The zero-order chi connectivity index (χ0) is 18.8. The van der Waals surface area contributed by atoms with E-state index >= 15 is 0 Å². The van der Waals surface area contributed by atoms with E-state index in [9.17, 15) is 4.79 Å². The number of rotatable bonds is 8. The van der Waals surface area contributed by atoms with E-state index in [1.54, 1.807) is 18.4 Å². The highest BCUT2D eigenvalue weighted by molar-refractivity contribution is 14.0. The Hall–Kier alpha value is -1.81. The quantitative estimate of drug-likeness (QED) is 0.295. The number of aliphatic imine (C=N–C) groups is 1. The molecule has 0 saturated carbocycles. The molecule has 1 amide bonds. The maximum absolute atomic E-state index is 11.5. The first-order valence-electron chi connectivity index (χ1n) is 8.59. The van der Waals surface area contributed by atoms with Gasteiger partial charge in [0.2, 0.25) is 0 Å². The second-order valence-electron chi connectivity index (χ2n) is 5.68. The van der Waals surface area contributed by atoms with Crippen molar-refractivity contribution in [1.82, 2.24) is 16.0 Å². The SMILES string of the molecule is CCNC(=O)COc1cccc(CNC(=NC)NCc2ccc(C)s2)c1.I. The molecule has 0 aliphatic rings. The van der Waals surface area contributed by atoms with E-state index in [-0.39, 0.29) is 36.5 Å². The molecule has 1 aromatic carbocycles. The van der Waals surface area contributed by atoms with Gasteiger partial charge in [-0.3, -0.25) is 9.79 Å². The molecule has 1 aromatic heterocycles. The molecule has 8 heteroatoms. The fourth-order valence-electron chi connectivity index (χ4n) is 2.30. The third-order valence-corrected chi connectivity index (χ3v) is 4.55. The van der Waals surface area contributed by atoms with E-state index in [2.05, 4.69) is 40.0 Å². The topological polar surface area (TPSA) is 74.8 Å². The first kappa shape index (κ1) is 23.2. The average Bonchev–Trinajstić information content (AvgIpc) is 3.06. The van der Waals surface area contributed by atoms with Crippen molar-refractivity contribution in [2.75, 3.05) is 20.2 Å². The number of nitrogens with one attached hydrogen (secondary N) is 3. The summed E-state index contributed by atoms with van der Waals surface area (Å²) in [5.41, 5.74) is 1.05. The van der Waals surface area contributed by atoms with Crippen LogP contribution in [-0.4, -0.2) is 32.1 Å². The highest BCUT2D eigenvalue weighted by atomic mass is 127. The Bertz CT molecular complexity index is 749. The van der Waals surface area contributed by atoms with Gasteiger partial charge >= 0.3 is 0 Å². The summed E-state index contributed by atoms with van der Waals surface area (Å²) in [6.07, 6.45) is 0. The van der Waals surface area contributed by atoms with E-state index < -0.39 is 0 Å². The summed E-state index contributed by atoms with van der Waals surface area (Å²) < 4.78 is 5.52. The number of aryl methyl sites for hydroxylation is 1. The minimum Gasteiger partial charge on any atom is -0.484 e. The normalized spacial score (nSPS) is 10.7. The summed E-state index contributed by atoms with van der Waals surface area (Å²) in [6, 6.07) is 11.9. The van der Waals surface area contributed by atoms with E-state index in [1.807, 2.05) is 31.2 Å². The Labute approximate surface area is 181 Å². The van der Waals surface area contributed by atoms with Crippen LogP contribution in [0, 0.1) is 6.92 Å². The molecule has 0 fully saturated rings. The van der Waals surface area contributed by atoms with Crippen molar-refractivity contribution in [3.63, 3.8) is 0 Å². The second-order valence-corrected chi connectivity index (χ2v) is 7.05. The van der Waals surface area contributed by atoms with Crippen LogP contribution < -0.4 is 20.7 Å². The van der Waals surface area contributed by atoms with Crippen LogP contribution in [0.1, 0.15) is 22.2 Å². The van der Waals surface area contributed by atoms with Crippen LogP contribution in [0.25, 0.3) is 0 Å². The Morgan fingerprint density at radius 3 is 2.59 bits per heavy atom. The molecule has 0 unspecified atom stereocenters. The molecule has 0 aliphatic carbocycles. The number of amides is 1. The summed E-state index contributed by atoms with van der Waals surface area (Å²) >= 11 is 1.77. The zero-order valence-electron chi connectivity index (χ0n) is 15.9. The van der Waals surface area contributed by atoms with Crippen LogP contribution in [-0.2, 0) is 17.9 Å². The summed E-state index contributed by atoms with van der Waals surface area (Å²) in [5, 5.41) is 9.29. The third-order valence-electron chi connectivity index (χ3n) is 3.55. The predicted octanol–water partition coefficient (Wildman–Crippen LogP) is 3.05. The molecule has 0 spiro atoms. The predicted molar refractivity (Wildman–Crippen MR) is 122 cm³/mol. The number of carbonyl (C=O) groups excluding carboxylic acids is 1. The van der Waals surface area contributed by atoms with Gasteiger partial charge in [-0.1, -0.05) is 12.1 Å². The third kappa shape index (κ3) is 8.61. The van der Waals surface area contributed by atoms with Gasteiger partial charge in [0.15, 0.2) is 12.6 Å². The summed E-state index contributed by atoms with van der Waals surface area (Å²) in [5.74, 6) is 1.29. The van der Waals surface area contributed by atoms with Crippen molar-refractivity contribution in [3.05, 3.63) is 51.7 Å². The molecule has 2 aromatic rings. The van der Waals surface area contributed by atoms with Crippen molar-refractivity contribution >= 4 is 47.2 Å². The molecular weight excluding hydrogens is 475 g/mol. The molecule has 3 N–H and O–H groups in total. The molecule has 0 bridgehead atoms. The van der Waals surface area contributed by atoms with E-state index in [1.165, 1.54) is 9.75 Å². The number of likely N-dealkylation sites (N-methyl/N-ethyl adjacent to an activating group) is 1. The zero-order valence-corrected chi connectivity index (χ0v) is 19.0. The van der Waals surface area contributed by atoms with Crippen LogP contribution in [0.4, 0.5) is 0 Å². The minimum atomic E-state index is -0.121. The Kier molecular flexibility index (Phi) is 10.8. The van der Waals surface area contributed by atoms with Gasteiger partial charge in [0.05, 0.1) is 6.54 Å². The number of hydrogen-bond acceptors (Lipinski definition) is 4. The molecule has 27 heavy (non-hydrogen) atoms. The largest absolute Gasteiger partial charge is 0.484 e. The monoisotopic (exact) mass is 502 g/mol. The number of carbonyl (C=O) groups is 1. The molecule has 2 rings (SSSR count). The molecule has 0 saturated heterocycles. The van der Waals surface area contributed by atoms with E-state index in [0.29, 0.717) is 18.8 Å². The second kappa shape index (κ2) is 12.6. The highest BCUT2D eigenvalue weighted by Crippen LogP contribution is 2.15. The smallest absolute Gasteiger partial charge is 0.257 e. The van der Waals surface area contributed by atoms with Crippen molar-refractivity contribution in [3.8, 4) is 5.75 Å². The molecule has 0 aliphatic heterocycles. The van der Waals surface area contributed by atoms with Gasteiger partial charge in [-0.2, -0.15) is 0 Å². The van der Waals surface area contributed by atoms with Crippen molar-refractivity contribution in [2.24, 2.45) is 4.99 Å². The van der Waals surface area contributed by atoms with Gasteiger partial charge in [0.1, 0.15) is 5.75 Å². The van der Waals surface area contributed by atoms with E-state index in [0.717, 1.165) is 18.1 Å². The summed E-state index contributed by atoms with van der Waals surface area (Å²) in [4.78, 5) is 18.3. The lowest BCUT2D eigenvalue weighted by molar-refractivity contribution is -0.122. The number of guanidine groups is 1. The molecular formula is C19H27IN4O2S. The van der Waals surface area contributed by atoms with Gasteiger partial charge in [0.25, 0.3) is 5.91 Å². The van der Waals surface area contributed by atoms with E-state index in [4.69, 9.17) is 4.74 Å². The lowest BCUT2D eigenvalue weighted by atomic mass is 10.2. The van der Waals surface area contributed by atoms with Gasteiger partial charge in [-0.15, -0.1) is 35.3 Å². The molecule has 6 nitrogen and oxygen atoms in total. The summed E-state index contributed by atoms with van der Waals surface area (Å²) in [7, 11) is 1.75. The fraction of sp³-hybridized carbons (Fsp3) is 0.368. The van der Waals surface area contributed by atoms with Gasteiger partial charge in [-0.25, -0.2) is 0 Å². The molecule has 148 valence electrons. The standard InChI is InChI=1S/C19H26N4O2S.HI/c1-4-21-18(24)13-25-16-7-5-6-15(10-16)11-22-19(20-3)23-12-17-9-8-14(2)26-17;/h5-10H,4,11-13H2,1-3H3,(H,21,24)(H2,20,22,23);1H. The highest BCUT2D eigenvalue weighted by Gasteiger charge is 2.04. The van der Waals surface area contributed by atoms with Crippen LogP contribution >= 0.6 is 35.3 Å². The van der Waals surface area contributed by atoms with Crippen molar-refractivity contribution in [2.45, 2.75) is 26.9 Å². The van der Waals surface area contributed by atoms with Crippen molar-refractivity contribution in [1.29, 1.82) is 0 Å². The Morgan fingerprint density at radius 2 is 1.93 bits per heavy atom. The van der Waals surface area contributed by atoms with Crippen LogP contribution in [0.15, 0.2) is 41.4 Å². The Balaban J connectivity index is 0.00000364. The van der Waals surface area contributed by atoms with Gasteiger partial charge < -0.3 is 20.7 Å². The van der Waals surface area contributed by atoms with Crippen LogP contribution in [0.2, 0.25) is 0 Å². The lowest BCUT2D eigenvalue weighted by Gasteiger charge is -2.12. The minimum absolute atomic E-state index is 0. The maximum Gasteiger partial charge on any atom is 0.257 e. The number of hydrogen-bond donors (Lipinski definition) is 3. The number of nitrogens with zero attached hydrogens (tertiary/aromatic N) is 1. The first-order chi connectivity index (χ1) is 12.6. The lowest BCUT2D eigenvalue weighted by Crippen LogP contribution is -2.36. The fourth-order valence-corrected chi connectivity index (χ4v) is 3.13. The average molecular weight is 502 g/mol. The number of benzene rings is 1. The molecule has 1 heterocycles. The maximum atomic E-state index is 11.5. The number of ether oxygens (including phenoxy) is 1. The van der Waals surface area contributed by atoms with Crippen LogP contribution in [0.3, 0.4) is 0 Å². The Morgan fingerprint density at radius 1 is 1.15 bits per heavy atom. The van der Waals surface area contributed by atoms with Crippen molar-refractivity contribution < 1.29 is 9.53 Å². The van der Waals surface area contributed by atoms with Gasteiger partial charge in [-0.05, 0) is 43.7 Å².